The molecule has 0 fully saturated rings. The first-order valence-corrected chi connectivity index (χ1v) is 9.16. The number of carbonyl (C=O) groups is 1. The first kappa shape index (κ1) is 17.6. The summed E-state index contributed by atoms with van der Waals surface area (Å²) >= 11 is 7.21. The SMILES string of the molecule is CN(CC(=O)N/N=C\c1cccs1)S(=O)(=O)c1ccc(Cl)cc1. The third-order valence-corrected chi connectivity index (χ3v) is 5.69. The zero-order valence-corrected chi connectivity index (χ0v) is 14.5. The van der Waals surface area contributed by atoms with E-state index in [2.05, 4.69) is 10.5 Å². The summed E-state index contributed by atoms with van der Waals surface area (Å²) in [6.07, 6.45) is 1.50. The van der Waals surface area contributed by atoms with Crippen LogP contribution in [0.2, 0.25) is 5.02 Å². The lowest BCUT2D eigenvalue weighted by molar-refractivity contribution is -0.121. The van der Waals surface area contributed by atoms with Crippen LogP contribution in [0, 0.1) is 0 Å². The Kier molecular flexibility index (Phi) is 5.89. The van der Waals surface area contributed by atoms with Gasteiger partial charge in [0.2, 0.25) is 10.0 Å². The molecule has 23 heavy (non-hydrogen) atoms. The van der Waals surface area contributed by atoms with E-state index >= 15 is 0 Å². The summed E-state index contributed by atoms with van der Waals surface area (Å²) in [5.41, 5.74) is 2.29. The molecule has 0 bridgehead atoms. The second-order valence-corrected chi connectivity index (χ2v) is 7.98. The molecule has 0 saturated carbocycles. The molecular weight excluding hydrogens is 358 g/mol. The van der Waals surface area contributed by atoms with Crippen LogP contribution in [-0.2, 0) is 14.8 Å². The van der Waals surface area contributed by atoms with E-state index in [-0.39, 0.29) is 11.4 Å². The Morgan fingerprint density at radius 2 is 2.04 bits per heavy atom. The van der Waals surface area contributed by atoms with Crippen LogP contribution < -0.4 is 5.43 Å². The zero-order chi connectivity index (χ0) is 16.9. The summed E-state index contributed by atoms with van der Waals surface area (Å²) in [7, 11) is -2.43. The van der Waals surface area contributed by atoms with Crippen molar-refractivity contribution >= 4 is 45.1 Å². The number of carbonyl (C=O) groups excluding carboxylic acids is 1. The molecule has 0 unspecified atom stereocenters. The molecule has 6 nitrogen and oxygen atoms in total. The fraction of sp³-hybridized carbons (Fsp3) is 0.143. The quantitative estimate of drug-likeness (QED) is 0.624. The number of hydrogen-bond donors (Lipinski definition) is 1. The number of rotatable bonds is 6. The number of sulfonamides is 1. The number of benzene rings is 1. The number of hydrazone groups is 1. The van der Waals surface area contributed by atoms with Crippen molar-refractivity contribution in [2.45, 2.75) is 4.90 Å². The van der Waals surface area contributed by atoms with E-state index in [1.807, 2.05) is 17.5 Å². The highest BCUT2D eigenvalue weighted by Gasteiger charge is 2.22. The monoisotopic (exact) mass is 371 g/mol. The molecule has 1 aromatic carbocycles. The van der Waals surface area contributed by atoms with Crippen LogP contribution in [-0.4, -0.2) is 38.4 Å². The highest BCUT2D eigenvalue weighted by molar-refractivity contribution is 7.89. The minimum absolute atomic E-state index is 0.0688. The Labute approximate surface area is 143 Å². The average molecular weight is 372 g/mol. The lowest BCUT2D eigenvalue weighted by Crippen LogP contribution is -2.36. The van der Waals surface area contributed by atoms with Crippen LogP contribution in [0.4, 0.5) is 0 Å². The number of hydrogen-bond acceptors (Lipinski definition) is 5. The van der Waals surface area contributed by atoms with Gasteiger partial charge >= 0.3 is 0 Å². The van der Waals surface area contributed by atoms with Gasteiger partial charge < -0.3 is 0 Å². The lowest BCUT2D eigenvalue weighted by Gasteiger charge is -2.16. The van der Waals surface area contributed by atoms with Gasteiger partial charge in [-0.25, -0.2) is 13.8 Å². The molecule has 122 valence electrons. The third-order valence-electron chi connectivity index (χ3n) is 2.81. The van der Waals surface area contributed by atoms with E-state index in [1.54, 1.807) is 0 Å². The van der Waals surface area contributed by atoms with Gasteiger partial charge in [0.15, 0.2) is 0 Å². The van der Waals surface area contributed by atoms with Crippen molar-refractivity contribution in [3.05, 3.63) is 51.7 Å². The highest BCUT2D eigenvalue weighted by Crippen LogP contribution is 2.17. The van der Waals surface area contributed by atoms with Gasteiger partial charge in [-0.3, -0.25) is 4.79 Å². The maximum absolute atomic E-state index is 12.3. The predicted molar refractivity (Wildman–Crippen MR) is 91.3 cm³/mol. The second-order valence-electron chi connectivity index (χ2n) is 4.52. The van der Waals surface area contributed by atoms with Crippen molar-refractivity contribution in [2.24, 2.45) is 5.10 Å². The van der Waals surface area contributed by atoms with Gasteiger partial charge in [0, 0.05) is 16.9 Å². The summed E-state index contributed by atoms with van der Waals surface area (Å²) in [4.78, 5) is 12.7. The third kappa shape index (κ3) is 4.87. The van der Waals surface area contributed by atoms with Crippen molar-refractivity contribution in [1.82, 2.24) is 9.73 Å². The molecule has 0 radical (unpaired) electrons. The molecule has 1 aromatic heterocycles. The maximum atomic E-state index is 12.3. The van der Waals surface area contributed by atoms with E-state index in [0.29, 0.717) is 5.02 Å². The van der Waals surface area contributed by atoms with Crippen LogP contribution in [0.15, 0.2) is 51.8 Å². The minimum atomic E-state index is -3.76. The number of halogens is 1. The van der Waals surface area contributed by atoms with Crippen LogP contribution >= 0.6 is 22.9 Å². The smallest absolute Gasteiger partial charge is 0.255 e. The number of nitrogens with one attached hydrogen (secondary N) is 1. The Morgan fingerprint density at radius 1 is 1.35 bits per heavy atom. The Bertz CT molecular complexity index is 787. The number of thiophene rings is 1. The van der Waals surface area contributed by atoms with E-state index in [9.17, 15) is 13.2 Å². The minimum Gasteiger partial charge on any atom is -0.272 e. The fourth-order valence-corrected chi connectivity index (χ4v) is 3.48. The molecule has 2 aromatic rings. The van der Waals surface area contributed by atoms with E-state index in [0.717, 1.165) is 9.18 Å². The maximum Gasteiger partial charge on any atom is 0.255 e. The summed E-state index contributed by atoms with van der Waals surface area (Å²) < 4.78 is 25.6. The largest absolute Gasteiger partial charge is 0.272 e. The van der Waals surface area contributed by atoms with Gasteiger partial charge in [-0.15, -0.1) is 11.3 Å². The average Bonchev–Trinajstić information content (AvgIpc) is 3.01. The number of nitrogens with zero attached hydrogens (tertiary/aromatic N) is 2. The number of amides is 1. The van der Waals surface area contributed by atoms with Crippen molar-refractivity contribution in [3.8, 4) is 0 Å². The molecule has 0 aliphatic heterocycles. The van der Waals surface area contributed by atoms with Gasteiger partial charge in [-0.2, -0.15) is 9.41 Å². The van der Waals surface area contributed by atoms with Gasteiger partial charge in [0.05, 0.1) is 17.7 Å². The van der Waals surface area contributed by atoms with Crippen molar-refractivity contribution in [1.29, 1.82) is 0 Å². The standard InChI is InChI=1S/C14H14ClN3O3S2/c1-18(23(20,21)13-6-4-11(15)5-7-13)10-14(19)17-16-9-12-3-2-8-22-12/h2-9H,10H2,1H3,(H,17,19)/b16-9-. The predicted octanol–water partition coefficient (Wildman–Crippen LogP) is 2.17. The van der Waals surface area contributed by atoms with Crippen LogP contribution in [0.1, 0.15) is 4.88 Å². The van der Waals surface area contributed by atoms with Crippen molar-refractivity contribution in [3.63, 3.8) is 0 Å². The highest BCUT2D eigenvalue weighted by atomic mass is 35.5. The van der Waals surface area contributed by atoms with Crippen molar-refractivity contribution < 1.29 is 13.2 Å². The second kappa shape index (κ2) is 7.69. The molecule has 0 aliphatic carbocycles. The molecule has 9 heteroatoms. The van der Waals surface area contributed by atoms with E-state index < -0.39 is 15.9 Å². The van der Waals surface area contributed by atoms with E-state index in [1.165, 1.54) is 48.9 Å². The fourth-order valence-electron chi connectivity index (χ4n) is 1.64. The molecule has 1 amide bonds. The van der Waals surface area contributed by atoms with Crippen molar-refractivity contribution in [2.75, 3.05) is 13.6 Å². The van der Waals surface area contributed by atoms with Gasteiger partial charge in [-0.1, -0.05) is 17.7 Å². The molecule has 1 heterocycles. The number of likely N-dealkylation sites (N-methyl/N-ethyl adjacent to an activating group) is 1. The molecule has 0 saturated heterocycles. The van der Waals surface area contributed by atoms with Crippen LogP contribution in [0.5, 0.6) is 0 Å². The van der Waals surface area contributed by atoms with Crippen LogP contribution in [0.3, 0.4) is 0 Å². The topological polar surface area (TPSA) is 78.8 Å². The molecule has 0 spiro atoms. The normalized spacial score (nSPS) is 12.0. The molecule has 1 N–H and O–H groups in total. The zero-order valence-electron chi connectivity index (χ0n) is 12.1. The summed E-state index contributed by atoms with van der Waals surface area (Å²) in [6, 6.07) is 9.45. The van der Waals surface area contributed by atoms with Gasteiger partial charge in [0.1, 0.15) is 0 Å². The molecule has 2 rings (SSSR count). The van der Waals surface area contributed by atoms with Gasteiger partial charge in [-0.05, 0) is 35.7 Å². The van der Waals surface area contributed by atoms with E-state index in [4.69, 9.17) is 11.6 Å². The lowest BCUT2D eigenvalue weighted by atomic mass is 10.4. The first-order chi connectivity index (χ1) is 10.9. The Balaban J connectivity index is 1.96. The summed E-state index contributed by atoms with van der Waals surface area (Å²) in [6.45, 7) is -0.341. The Hall–Kier alpha value is -1.74. The Morgan fingerprint density at radius 3 is 2.65 bits per heavy atom. The summed E-state index contributed by atoms with van der Waals surface area (Å²) in [5, 5.41) is 6.10. The van der Waals surface area contributed by atoms with Crippen LogP contribution in [0.25, 0.3) is 0 Å². The van der Waals surface area contributed by atoms with Gasteiger partial charge in [0.25, 0.3) is 5.91 Å². The molecular formula is C14H14ClN3O3S2. The molecule has 0 atom stereocenters. The first-order valence-electron chi connectivity index (χ1n) is 6.47. The summed E-state index contributed by atoms with van der Waals surface area (Å²) in [5.74, 6) is -0.530. The molecule has 0 aliphatic rings.